The van der Waals surface area contributed by atoms with Crippen molar-refractivity contribution in [3.8, 4) is 0 Å². The maximum Gasteiger partial charge on any atom is 0.190 e. The molecule has 8 nitrogen and oxygen atoms in total. The summed E-state index contributed by atoms with van der Waals surface area (Å²) in [6, 6.07) is -0.820. The first kappa shape index (κ1) is 18.0. The second-order valence-corrected chi connectivity index (χ2v) is 6.14. The number of aliphatic imine (C=N–C) groups is 1. The van der Waals surface area contributed by atoms with E-state index in [0.29, 0.717) is 0 Å². The molecule has 8 heteroatoms. The van der Waals surface area contributed by atoms with Gasteiger partial charge in [0.05, 0.1) is 12.2 Å². The average molecular weight is 329 g/mol. The summed E-state index contributed by atoms with van der Waals surface area (Å²) in [5, 5.41) is 29.3. The molecule has 0 aliphatic carbocycles. The smallest absolute Gasteiger partial charge is 0.190 e. The Morgan fingerprint density at radius 2 is 2.00 bits per heavy atom. The molecule has 2 saturated heterocycles. The van der Waals surface area contributed by atoms with Crippen LogP contribution < -0.4 is 0 Å². The van der Waals surface area contributed by atoms with Crippen LogP contribution >= 0.6 is 0 Å². The van der Waals surface area contributed by atoms with Gasteiger partial charge in [0.15, 0.2) is 17.9 Å². The van der Waals surface area contributed by atoms with Crippen molar-refractivity contribution < 1.29 is 34.3 Å². The summed E-state index contributed by atoms with van der Waals surface area (Å²) in [5.41, 5.74) is 0.0322. The first-order valence-electron chi connectivity index (χ1n) is 7.40. The van der Waals surface area contributed by atoms with E-state index in [2.05, 4.69) is 4.99 Å². The summed E-state index contributed by atoms with van der Waals surface area (Å²) in [4.78, 5) is 15.5. The van der Waals surface area contributed by atoms with Crippen LogP contribution in [-0.4, -0.2) is 70.4 Å². The van der Waals surface area contributed by atoms with Gasteiger partial charge in [0.25, 0.3) is 0 Å². The SMILES string of the molecule is CC(=O)C(C=NC(CO)[C@H]1O[C@@H]2OC(C)(C)O[C@@H]2[C@H]1O)=C(C)O. The van der Waals surface area contributed by atoms with Crippen molar-refractivity contribution in [1.29, 1.82) is 0 Å². The highest BCUT2D eigenvalue weighted by atomic mass is 16.8. The van der Waals surface area contributed by atoms with Gasteiger partial charge < -0.3 is 29.5 Å². The zero-order valence-corrected chi connectivity index (χ0v) is 13.6. The fraction of sp³-hybridized carbons (Fsp3) is 0.733. The highest BCUT2D eigenvalue weighted by Gasteiger charge is 2.55. The van der Waals surface area contributed by atoms with Gasteiger partial charge in [0, 0.05) is 6.21 Å². The highest BCUT2D eigenvalue weighted by Crippen LogP contribution is 2.38. The minimum Gasteiger partial charge on any atom is -0.512 e. The largest absolute Gasteiger partial charge is 0.512 e. The van der Waals surface area contributed by atoms with Crippen LogP contribution in [-0.2, 0) is 19.0 Å². The number of aliphatic hydroxyl groups excluding tert-OH is 3. The third-order valence-corrected chi connectivity index (χ3v) is 3.78. The predicted molar refractivity (Wildman–Crippen MR) is 80.1 cm³/mol. The molecule has 5 atom stereocenters. The highest BCUT2D eigenvalue weighted by molar-refractivity contribution is 6.12. The number of nitrogens with zero attached hydrogens (tertiary/aromatic N) is 1. The Balaban J connectivity index is 2.11. The number of aliphatic hydroxyl groups is 3. The molecule has 2 fully saturated rings. The Kier molecular flexibility index (Phi) is 5.22. The Morgan fingerprint density at radius 3 is 2.48 bits per heavy atom. The van der Waals surface area contributed by atoms with E-state index in [0.717, 1.165) is 0 Å². The van der Waals surface area contributed by atoms with E-state index in [9.17, 15) is 20.1 Å². The van der Waals surface area contributed by atoms with E-state index >= 15 is 0 Å². The van der Waals surface area contributed by atoms with E-state index in [1.165, 1.54) is 20.1 Å². The lowest BCUT2D eigenvalue weighted by atomic mass is 10.0. The molecule has 0 spiro atoms. The average Bonchev–Trinajstić information content (AvgIpc) is 2.88. The third-order valence-electron chi connectivity index (χ3n) is 3.78. The van der Waals surface area contributed by atoms with Crippen LogP contribution in [0.5, 0.6) is 0 Å². The number of allylic oxidation sites excluding steroid dienone is 2. The summed E-state index contributed by atoms with van der Waals surface area (Å²) in [6.07, 6.45) is -2.10. The Bertz CT molecular complexity index is 524. The second-order valence-electron chi connectivity index (χ2n) is 6.14. The lowest BCUT2D eigenvalue weighted by molar-refractivity contribution is -0.217. The number of rotatable bonds is 5. The molecule has 0 bridgehead atoms. The van der Waals surface area contributed by atoms with E-state index in [-0.39, 0.29) is 17.1 Å². The van der Waals surface area contributed by atoms with Gasteiger partial charge in [0.1, 0.15) is 30.1 Å². The Morgan fingerprint density at radius 1 is 1.35 bits per heavy atom. The first-order valence-corrected chi connectivity index (χ1v) is 7.40. The van der Waals surface area contributed by atoms with Gasteiger partial charge in [0.2, 0.25) is 0 Å². The summed E-state index contributed by atoms with van der Waals surface area (Å²) in [6.45, 7) is 5.69. The molecule has 2 rings (SSSR count). The van der Waals surface area contributed by atoms with Gasteiger partial charge in [-0.3, -0.25) is 9.79 Å². The molecule has 2 heterocycles. The summed E-state index contributed by atoms with van der Waals surface area (Å²) >= 11 is 0. The van der Waals surface area contributed by atoms with E-state index < -0.39 is 43.0 Å². The van der Waals surface area contributed by atoms with Crippen molar-refractivity contribution >= 4 is 12.0 Å². The minimum atomic E-state index is -1.03. The zero-order chi connectivity index (χ0) is 17.4. The van der Waals surface area contributed by atoms with Gasteiger partial charge in [-0.1, -0.05) is 0 Å². The summed E-state index contributed by atoms with van der Waals surface area (Å²) < 4.78 is 16.7. The van der Waals surface area contributed by atoms with Crippen LogP contribution in [0.15, 0.2) is 16.3 Å². The van der Waals surface area contributed by atoms with Crippen LogP contribution in [0.3, 0.4) is 0 Å². The Hall–Kier alpha value is -1.32. The molecule has 2 aliphatic heterocycles. The lowest BCUT2D eigenvalue weighted by Crippen LogP contribution is -2.41. The standard InChI is InChI=1S/C15H23NO7/c1-7(18)9(8(2)19)5-16-10(6-17)12-11(20)13-14(21-12)23-15(3,4)22-13/h5,10-14,17-18,20H,6H2,1-4H3/t10?,11-,12+,13+,14+/m0/s1. The quantitative estimate of drug-likeness (QED) is 0.371. The summed E-state index contributed by atoms with van der Waals surface area (Å²) in [5.74, 6) is -1.38. The number of hydrogen-bond acceptors (Lipinski definition) is 8. The van der Waals surface area contributed by atoms with E-state index in [1.54, 1.807) is 13.8 Å². The third kappa shape index (κ3) is 3.78. The molecule has 0 amide bonds. The monoisotopic (exact) mass is 329 g/mol. The topological polar surface area (TPSA) is 118 Å². The molecule has 0 saturated carbocycles. The van der Waals surface area contributed by atoms with Crippen LogP contribution in [0, 0.1) is 0 Å². The van der Waals surface area contributed by atoms with Gasteiger partial charge in [-0.2, -0.15) is 0 Å². The number of carbonyl (C=O) groups excluding carboxylic acids is 1. The number of Topliss-reactive ketones (excluding diaryl/α,β-unsaturated/α-hetero) is 1. The molecule has 130 valence electrons. The van der Waals surface area contributed by atoms with Crippen molar-refractivity contribution in [3.63, 3.8) is 0 Å². The molecule has 23 heavy (non-hydrogen) atoms. The van der Waals surface area contributed by atoms with Crippen molar-refractivity contribution in [3.05, 3.63) is 11.3 Å². The van der Waals surface area contributed by atoms with Crippen molar-refractivity contribution in [2.24, 2.45) is 4.99 Å². The molecule has 0 aromatic heterocycles. The Labute approximate surface area is 134 Å². The summed E-state index contributed by atoms with van der Waals surface area (Å²) in [7, 11) is 0. The number of hydrogen-bond donors (Lipinski definition) is 3. The molecule has 0 aromatic rings. The molecule has 3 N–H and O–H groups in total. The number of carbonyl (C=O) groups is 1. The number of ketones is 1. The zero-order valence-electron chi connectivity index (χ0n) is 13.6. The van der Waals surface area contributed by atoms with Gasteiger partial charge in [-0.15, -0.1) is 0 Å². The maximum atomic E-state index is 11.4. The molecule has 0 aromatic carbocycles. The normalized spacial score (nSPS) is 35.2. The molecule has 1 unspecified atom stereocenters. The predicted octanol–water partition coefficient (Wildman–Crippen LogP) is 0.0764. The molecule has 0 radical (unpaired) electrons. The fourth-order valence-corrected chi connectivity index (χ4v) is 2.68. The van der Waals surface area contributed by atoms with Crippen molar-refractivity contribution in [2.75, 3.05) is 6.61 Å². The van der Waals surface area contributed by atoms with E-state index in [4.69, 9.17) is 14.2 Å². The van der Waals surface area contributed by atoms with Crippen LogP contribution in [0.2, 0.25) is 0 Å². The maximum absolute atomic E-state index is 11.4. The number of ether oxygens (including phenoxy) is 3. The second kappa shape index (κ2) is 6.66. The van der Waals surface area contributed by atoms with Crippen molar-refractivity contribution in [2.45, 2.75) is 64.1 Å². The van der Waals surface area contributed by atoms with Gasteiger partial charge in [-0.05, 0) is 27.7 Å². The van der Waals surface area contributed by atoms with Crippen molar-refractivity contribution in [1.82, 2.24) is 0 Å². The minimum absolute atomic E-state index is 0.0322. The van der Waals surface area contributed by atoms with Crippen LogP contribution in [0.4, 0.5) is 0 Å². The first-order chi connectivity index (χ1) is 10.7. The fourth-order valence-electron chi connectivity index (χ4n) is 2.68. The molecule has 2 aliphatic rings. The van der Waals surface area contributed by atoms with Crippen LogP contribution in [0.25, 0.3) is 0 Å². The molecular weight excluding hydrogens is 306 g/mol. The van der Waals surface area contributed by atoms with E-state index in [1.807, 2.05) is 0 Å². The lowest BCUT2D eigenvalue weighted by Gasteiger charge is -2.25. The number of fused-ring (bicyclic) bond motifs is 1. The van der Waals surface area contributed by atoms with Gasteiger partial charge in [-0.25, -0.2) is 0 Å². The molecular formula is C15H23NO7. The van der Waals surface area contributed by atoms with Crippen LogP contribution in [0.1, 0.15) is 27.7 Å². The van der Waals surface area contributed by atoms with Gasteiger partial charge >= 0.3 is 0 Å².